The van der Waals surface area contributed by atoms with E-state index in [2.05, 4.69) is 10.6 Å². The Labute approximate surface area is 146 Å². The van der Waals surface area contributed by atoms with Gasteiger partial charge in [-0.15, -0.1) is 12.4 Å². The average molecular weight is 355 g/mol. The first kappa shape index (κ1) is 19.9. The molecule has 1 aromatic rings. The summed E-state index contributed by atoms with van der Waals surface area (Å²) in [5, 5.41) is 5.37. The molecule has 1 saturated carbocycles. The number of primary amides is 1. The Kier molecular flexibility index (Phi) is 7.18. The summed E-state index contributed by atoms with van der Waals surface area (Å²) in [7, 11) is 0. The fourth-order valence-electron chi connectivity index (χ4n) is 2.63. The molecule has 1 aliphatic carbocycles. The Morgan fingerprint density at radius 2 is 1.83 bits per heavy atom. The van der Waals surface area contributed by atoms with Gasteiger partial charge < -0.3 is 22.1 Å². The van der Waals surface area contributed by atoms with E-state index in [-0.39, 0.29) is 37.2 Å². The third-order valence-electron chi connectivity index (χ3n) is 3.99. The van der Waals surface area contributed by atoms with Gasteiger partial charge in [0.25, 0.3) is 5.91 Å². The van der Waals surface area contributed by atoms with E-state index in [0.29, 0.717) is 24.1 Å². The Morgan fingerprint density at radius 1 is 1.17 bits per heavy atom. The van der Waals surface area contributed by atoms with Crippen LogP contribution in [0, 0.1) is 0 Å². The molecular formula is C16H23ClN4O3. The summed E-state index contributed by atoms with van der Waals surface area (Å²) in [5.74, 6) is -1.02. The van der Waals surface area contributed by atoms with Crippen LogP contribution in [0.1, 0.15) is 42.5 Å². The molecule has 0 unspecified atom stereocenters. The molecule has 6 N–H and O–H groups in total. The van der Waals surface area contributed by atoms with E-state index >= 15 is 0 Å². The molecule has 132 valence electrons. The highest BCUT2D eigenvalue weighted by Crippen LogP contribution is 2.28. The van der Waals surface area contributed by atoms with Crippen LogP contribution in [0.25, 0.3) is 0 Å². The molecule has 24 heavy (non-hydrogen) atoms. The molecule has 0 heterocycles. The van der Waals surface area contributed by atoms with E-state index in [0.717, 1.165) is 12.8 Å². The minimum absolute atomic E-state index is 0. The summed E-state index contributed by atoms with van der Waals surface area (Å²) in [6, 6.07) is 6.59. The highest BCUT2D eigenvalue weighted by molar-refractivity contribution is 6.00. The van der Waals surface area contributed by atoms with Gasteiger partial charge in [0.2, 0.25) is 11.8 Å². The smallest absolute Gasteiger partial charge is 0.251 e. The number of carbonyl (C=O) groups is 3. The quantitative estimate of drug-likeness (QED) is 0.605. The van der Waals surface area contributed by atoms with Crippen LogP contribution in [0.2, 0.25) is 0 Å². The van der Waals surface area contributed by atoms with E-state index in [9.17, 15) is 14.4 Å². The molecule has 0 atom stereocenters. The standard InChI is InChI=1S/C16H22N4O3.ClH/c17-13(21)6-9-19-14(22)11-4-3-5-12(10-11)20-15(23)16(18)7-1-2-8-16;/h3-5,10H,1-2,6-9,18H2,(H2,17,21)(H,19,22)(H,20,23);1H. The van der Waals surface area contributed by atoms with Crippen LogP contribution in [-0.4, -0.2) is 29.8 Å². The van der Waals surface area contributed by atoms with E-state index in [1.807, 2.05) is 0 Å². The molecule has 1 fully saturated rings. The van der Waals surface area contributed by atoms with Gasteiger partial charge >= 0.3 is 0 Å². The number of carbonyl (C=O) groups excluding carboxylic acids is 3. The minimum Gasteiger partial charge on any atom is -0.370 e. The zero-order valence-electron chi connectivity index (χ0n) is 13.3. The van der Waals surface area contributed by atoms with Crippen LogP contribution in [0.15, 0.2) is 24.3 Å². The van der Waals surface area contributed by atoms with Gasteiger partial charge in [-0.05, 0) is 31.0 Å². The van der Waals surface area contributed by atoms with E-state index in [1.54, 1.807) is 24.3 Å². The predicted octanol–water partition coefficient (Wildman–Crippen LogP) is 0.924. The molecule has 0 aromatic heterocycles. The summed E-state index contributed by atoms with van der Waals surface area (Å²) in [6.45, 7) is 0.177. The Morgan fingerprint density at radius 3 is 2.46 bits per heavy atom. The van der Waals surface area contributed by atoms with Gasteiger partial charge in [0.1, 0.15) is 0 Å². The zero-order valence-corrected chi connectivity index (χ0v) is 14.2. The van der Waals surface area contributed by atoms with Gasteiger partial charge in [-0.1, -0.05) is 18.9 Å². The maximum atomic E-state index is 12.3. The zero-order chi connectivity index (χ0) is 16.9. The van der Waals surface area contributed by atoms with Crippen molar-refractivity contribution in [2.24, 2.45) is 11.5 Å². The first-order valence-corrected chi connectivity index (χ1v) is 7.68. The second kappa shape index (κ2) is 8.65. The molecule has 3 amide bonds. The van der Waals surface area contributed by atoms with Gasteiger partial charge in [0, 0.05) is 24.2 Å². The molecule has 1 aliphatic rings. The van der Waals surface area contributed by atoms with Crippen molar-refractivity contribution < 1.29 is 14.4 Å². The molecule has 8 heteroatoms. The molecular weight excluding hydrogens is 332 g/mol. The third-order valence-corrected chi connectivity index (χ3v) is 3.99. The number of nitrogens with one attached hydrogen (secondary N) is 2. The fraction of sp³-hybridized carbons (Fsp3) is 0.438. The maximum Gasteiger partial charge on any atom is 0.251 e. The Hall–Kier alpha value is -2.12. The van der Waals surface area contributed by atoms with Crippen molar-refractivity contribution in [1.29, 1.82) is 0 Å². The van der Waals surface area contributed by atoms with Crippen LogP contribution < -0.4 is 22.1 Å². The molecule has 0 radical (unpaired) electrons. The minimum atomic E-state index is -0.820. The summed E-state index contributed by atoms with van der Waals surface area (Å²) in [5.41, 5.74) is 11.2. The van der Waals surface area contributed by atoms with Crippen LogP contribution in [0.4, 0.5) is 5.69 Å². The summed E-state index contributed by atoms with van der Waals surface area (Å²) < 4.78 is 0. The molecule has 2 rings (SSSR count). The second-order valence-corrected chi connectivity index (χ2v) is 5.87. The van der Waals surface area contributed by atoms with Gasteiger partial charge in [-0.2, -0.15) is 0 Å². The topological polar surface area (TPSA) is 127 Å². The van der Waals surface area contributed by atoms with Crippen molar-refractivity contribution in [3.05, 3.63) is 29.8 Å². The number of halogens is 1. The Bertz CT molecular complexity index is 615. The monoisotopic (exact) mass is 354 g/mol. The van der Waals surface area contributed by atoms with Crippen molar-refractivity contribution in [3.8, 4) is 0 Å². The lowest BCUT2D eigenvalue weighted by Crippen LogP contribution is -2.48. The first-order valence-electron chi connectivity index (χ1n) is 7.68. The number of hydrogen-bond donors (Lipinski definition) is 4. The number of hydrogen-bond acceptors (Lipinski definition) is 4. The summed E-state index contributed by atoms with van der Waals surface area (Å²) in [4.78, 5) is 34.9. The normalized spacial score (nSPS) is 15.2. The average Bonchev–Trinajstić information content (AvgIpc) is 2.95. The van der Waals surface area contributed by atoms with Gasteiger partial charge in [-0.3, -0.25) is 14.4 Å². The van der Waals surface area contributed by atoms with Crippen LogP contribution in [0.3, 0.4) is 0 Å². The van der Waals surface area contributed by atoms with E-state index in [1.165, 1.54) is 0 Å². The van der Waals surface area contributed by atoms with E-state index in [4.69, 9.17) is 11.5 Å². The van der Waals surface area contributed by atoms with Crippen molar-refractivity contribution in [2.45, 2.75) is 37.6 Å². The molecule has 0 aliphatic heterocycles. The summed E-state index contributed by atoms with van der Waals surface area (Å²) in [6.07, 6.45) is 3.33. The van der Waals surface area contributed by atoms with Crippen molar-refractivity contribution >= 4 is 35.8 Å². The van der Waals surface area contributed by atoms with Gasteiger partial charge in [0.05, 0.1) is 5.54 Å². The maximum absolute atomic E-state index is 12.3. The number of nitrogens with two attached hydrogens (primary N) is 2. The highest BCUT2D eigenvalue weighted by atomic mass is 35.5. The third kappa shape index (κ3) is 5.21. The number of amides is 3. The lowest BCUT2D eigenvalue weighted by molar-refractivity contribution is -0.121. The fourth-order valence-corrected chi connectivity index (χ4v) is 2.63. The summed E-state index contributed by atoms with van der Waals surface area (Å²) >= 11 is 0. The lowest BCUT2D eigenvalue weighted by Gasteiger charge is -2.22. The highest BCUT2D eigenvalue weighted by Gasteiger charge is 2.36. The van der Waals surface area contributed by atoms with Gasteiger partial charge in [-0.25, -0.2) is 0 Å². The predicted molar refractivity (Wildman–Crippen MR) is 93.9 cm³/mol. The van der Waals surface area contributed by atoms with Crippen LogP contribution >= 0.6 is 12.4 Å². The van der Waals surface area contributed by atoms with Crippen LogP contribution in [0.5, 0.6) is 0 Å². The van der Waals surface area contributed by atoms with Crippen LogP contribution in [-0.2, 0) is 9.59 Å². The molecule has 0 spiro atoms. The van der Waals surface area contributed by atoms with Gasteiger partial charge in [0.15, 0.2) is 0 Å². The van der Waals surface area contributed by atoms with E-state index < -0.39 is 11.4 Å². The lowest BCUT2D eigenvalue weighted by atomic mass is 9.98. The Balaban J connectivity index is 0.00000288. The molecule has 0 saturated heterocycles. The van der Waals surface area contributed by atoms with Crippen molar-refractivity contribution in [1.82, 2.24) is 5.32 Å². The number of anilines is 1. The first-order chi connectivity index (χ1) is 10.9. The second-order valence-electron chi connectivity index (χ2n) is 5.87. The van der Waals surface area contributed by atoms with Crippen molar-refractivity contribution in [3.63, 3.8) is 0 Å². The molecule has 0 bridgehead atoms. The largest absolute Gasteiger partial charge is 0.370 e. The number of benzene rings is 1. The SMILES string of the molecule is Cl.NC(=O)CCNC(=O)c1cccc(NC(=O)C2(N)CCCC2)c1. The molecule has 7 nitrogen and oxygen atoms in total. The van der Waals surface area contributed by atoms with Crippen molar-refractivity contribution in [2.75, 3.05) is 11.9 Å². The molecule has 1 aromatic carbocycles. The number of rotatable bonds is 6.